The van der Waals surface area contributed by atoms with Gasteiger partial charge in [0.25, 0.3) is 0 Å². The quantitative estimate of drug-likeness (QED) is 0.216. The minimum Gasteiger partial charge on any atom is -0.466 e. The summed E-state index contributed by atoms with van der Waals surface area (Å²) in [6.07, 6.45) is 16.8. The highest BCUT2D eigenvalue weighted by Gasteiger charge is 2.00. The Morgan fingerprint density at radius 3 is 1.67 bits per heavy atom. The molecule has 0 atom stereocenters. The summed E-state index contributed by atoms with van der Waals surface area (Å²) in [5.41, 5.74) is 0. The van der Waals surface area contributed by atoms with E-state index in [1.54, 1.807) is 0 Å². The van der Waals surface area contributed by atoms with Crippen LogP contribution in [0, 0.1) is 0 Å². The topological polar surface area (TPSA) is 52.6 Å². The van der Waals surface area contributed by atoms with E-state index in [0.29, 0.717) is 26.1 Å². The molecule has 140 valence electrons. The van der Waals surface area contributed by atoms with Gasteiger partial charge in [-0.2, -0.15) is 0 Å². The van der Waals surface area contributed by atoms with Crippen LogP contribution < -0.4 is 0 Å². The molecule has 0 aliphatic heterocycles. The predicted octanol–water partition coefficient (Wildman–Crippen LogP) is 5.35. The molecule has 0 radical (unpaired) electrons. The molecule has 0 saturated carbocycles. The summed E-state index contributed by atoms with van der Waals surface area (Å²) < 4.78 is 9.78. The van der Waals surface area contributed by atoms with Gasteiger partial charge >= 0.3 is 11.9 Å². The number of carbonyl (C=O) groups is 2. The van der Waals surface area contributed by atoms with Crippen molar-refractivity contribution in [1.82, 2.24) is 0 Å². The molecule has 0 aliphatic rings. The van der Waals surface area contributed by atoms with Crippen LogP contribution in [0.5, 0.6) is 0 Å². The average Bonchev–Trinajstić information content (AvgIpc) is 2.55. The van der Waals surface area contributed by atoms with Crippen LogP contribution >= 0.6 is 0 Å². The van der Waals surface area contributed by atoms with Gasteiger partial charge in [0, 0.05) is 12.8 Å². The first-order valence-corrected chi connectivity index (χ1v) is 9.66. The van der Waals surface area contributed by atoms with E-state index in [-0.39, 0.29) is 11.9 Å². The zero-order valence-electron chi connectivity index (χ0n) is 15.7. The van der Waals surface area contributed by atoms with Gasteiger partial charge in [-0.1, -0.05) is 50.7 Å². The Morgan fingerprint density at radius 1 is 0.625 bits per heavy atom. The number of ether oxygens (including phenoxy) is 2. The van der Waals surface area contributed by atoms with Crippen LogP contribution in [0.15, 0.2) is 12.2 Å². The van der Waals surface area contributed by atoms with Gasteiger partial charge in [-0.05, 0) is 39.5 Å². The molecule has 0 saturated heterocycles. The second kappa shape index (κ2) is 18.0. The van der Waals surface area contributed by atoms with Crippen molar-refractivity contribution in [3.05, 3.63) is 12.2 Å². The smallest absolute Gasteiger partial charge is 0.306 e. The van der Waals surface area contributed by atoms with Crippen LogP contribution in [0.1, 0.15) is 90.9 Å². The second-order valence-electron chi connectivity index (χ2n) is 5.99. The highest BCUT2D eigenvalue weighted by molar-refractivity contribution is 5.69. The Kier molecular flexibility index (Phi) is 17.0. The van der Waals surface area contributed by atoms with Gasteiger partial charge < -0.3 is 9.47 Å². The van der Waals surface area contributed by atoms with Crippen molar-refractivity contribution < 1.29 is 19.1 Å². The van der Waals surface area contributed by atoms with Crippen LogP contribution in [-0.4, -0.2) is 25.2 Å². The number of hydrogen-bond donors (Lipinski definition) is 0. The lowest BCUT2D eigenvalue weighted by Gasteiger charge is -2.02. The minimum atomic E-state index is -0.107. The Bertz CT molecular complexity index is 337. The largest absolute Gasteiger partial charge is 0.466 e. The van der Waals surface area contributed by atoms with Crippen molar-refractivity contribution >= 4 is 11.9 Å². The van der Waals surface area contributed by atoms with E-state index in [9.17, 15) is 9.59 Å². The molecule has 0 fully saturated rings. The van der Waals surface area contributed by atoms with Crippen molar-refractivity contribution in [3.63, 3.8) is 0 Å². The number of carbonyl (C=O) groups excluding carboxylic acids is 2. The monoisotopic (exact) mass is 340 g/mol. The number of rotatable bonds is 16. The van der Waals surface area contributed by atoms with E-state index in [2.05, 4.69) is 12.2 Å². The van der Waals surface area contributed by atoms with Crippen LogP contribution in [0.4, 0.5) is 0 Å². The Hall–Kier alpha value is -1.32. The minimum absolute atomic E-state index is 0.0622. The normalized spacial score (nSPS) is 10.9. The van der Waals surface area contributed by atoms with E-state index < -0.39 is 0 Å². The molecule has 0 amide bonds. The number of hydrogen-bond acceptors (Lipinski definition) is 4. The first kappa shape index (κ1) is 22.7. The van der Waals surface area contributed by atoms with Crippen LogP contribution in [0.25, 0.3) is 0 Å². The zero-order valence-corrected chi connectivity index (χ0v) is 15.7. The van der Waals surface area contributed by atoms with Gasteiger partial charge in [-0.3, -0.25) is 9.59 Å². The zero-order chi connectivity index (χ0) is 17.9. The van der Waals surface area contributed by atoms with E-state index in [1.807, 2.05) is 13.8 Å². The molecule has 0 N–H and O–H groups in total. The van der Waals surface area contributed by atoms with Gasteiger partial charge in [0.15, 0.2) is 0 Å². The molecule has 0 aliphatic carbocycles. The maximum Gasteiger partial charge on any atom is 0.306 e. The van der Waals surface area contributed by atoms with Gasteiger partial charge in [-0.25, -0.2) is 0 Å². The molecule has 0 aromatic carbocycles. The fraction of sp³-hybridized carbons (Fsp3) is 0.800. The molecule has 24 heavy (non-hydrogen) atoms. The molecule has 0 bridgehead atoms. The van der Waals surface area contributed by atoms with Crippen molar-refractivity contribution in [2.24, 2.45) is 0 Å². The highest BCUT2D eigenvalue weighted by Crippen LogP contribution is 2.11. The Labute approximate surface area is 148 Å². The standard InChI is InChI=1S/C20H36O4/c1-3-23-19(21)17-15-13-11-9-7-5-6-8-10-12-14-16-18-20(22)24-4-2/h11,13H,3-10,12,14-18H2,1-2H3/b13-11+. The number of unbranched alkanes of at least 4 members (excludes halogenated alkanes) is 8. The Balaban J connectivity index is 3.20. The Morgan fingerprint density at radius 2 is 1.08 bits per heavy atom. The second-order valence-corrected chi connectivity index (χ2v) is 5.99. The molecular formula is C20H36O4. The predicted molar refractivity (Wildman–Crippen MR) is 97.8 cm³/mol. The van der Waals surface area contributed by atoms with Crippen LogP contribution in [0.3, 0.4) is 0 Å². The first-order valence-electron chi connectivity index (χ1n) is 9.66. The van der Waals surface area contributed by atoms with E-state index in [1.165, 1.54) is 38.5 Å². The summed E-state index contributed by atoms with van der Waals surface area (Å²) in [5.74, 6) is -0.169. The van der Waals surface area contributed by atoms with Crippen molar-refractivity contribution in [3.8, 4) is 0 Å². The van der Waals surface area contributed by atoms with Gasteiger partial charge in [0.2, 0.25) is 0 Å². The van der Waals surface area contributed by atoms with Crippen LogP contribution in [-0.2, 0) is 19.1 Å². The average molecular weight is 341 g/mol. The van der Waals surface area contributed by atoms with E-state index in [4.69, 9.17) is 9.47 Å². The molecule has 0 aromatic heterocycles. The van der Waals surface area contributed by atoms with Crippen molar-refractivity contribution in [1.29, 1.82) is 0 Å². The molecular weight excluding hydrogens is 304 g/mol. The van der Waals surface area contributed by atoms with E-state index >= 15 is 0 Å². The summed E-state index contributed by atoms with van der Waals surface area (Å²) in [4.78, 5) is 22.3. The van der Waals surface area contributed by atoms with Crippen molar-refractivity contribution in [2.45, 2.75) is 90.9 Å². The van der Waals surface area contributed by atoms with Gasteiger partial charge in [-0.15, -0.1) is 0 Å². The lowest BCUT2D eigenvalue weighted by atomic mass is 10.1. The summed E-state index contributed by atoms with van der Waals surface area (Å²) >= 11 is 0. The lowest BCUT2D eigenvalue weighted by molar-refractivity contribution is -0.144. The lowest BCUT2D eigenvalue weighted by Crippen LogP contribution is -2.03. The molecule has 0 spiro atoms. The van der Waals surface area contributed by atoms with Gasteiger partial charge in [0.1, 0.15) is 0 Å². The van der Waals surface area contributed by atoms with Gasteiger partial charge in [0.05, 0.1) is 13.2 Å². The van der Waals surface area contributed by atoms with Crippen LogP contribution in [0.2, 0.25) is 0 Å². The SMILES string of the molecule is CCOC(=O)CC/C=C/CCCCCCCCCCC(=O)OCC. The number of allylic oxidation sites excluding steroid dienone is 2. The highest BCUT2D eigenvalue weighted by atomic mass is 16.5. The third-order valence-corrected chi connectivity index (χ3v) is 3.79. The fourth-order valence-corrected chi connectivity index (χ4v) is 2.50. The third kappa shape index (κ3) is 17.0. The molecule has 0 heterocycles. The summed E-state index contributed by atoms with van der Waals surface area (Å²) in [7, 11) is 0. The fourth-order valence-electron chi connectivity index (χ4n) is 2.50. The summed E-state index contributed by atoms with van der Waals surface area (Å²) in [6.45, 7) is 4.63. The summed E-state index contributed by atoms with van der Waals surface area (Å²) in [5, 5.41) is 0. The van der Waals surface area contributed by atoms with Crippen molar-refractivity contribution in [2.75, 3.05) is 13.2 Å². The third-order valence-electron chi connectivity index (χ3n) is 3.79. The number of esters is 2. The van der Waals surface area contributed by atoms with E-state index in [0.717, 1.165) is 25.7 Å². The molecule has 4 heteroatoms. The molecule has 4 nitrogen and oxygen atoms in total. The first-order chi connectivity index (χ1) is 11.7. The maximum absolute atomic E-state index is 11.2. The molecule has 0 rings (SSSR count). The molecule has 0 aromatic rings. The molecule has 0 unspecified atom stereocenters. The maximum atomic E-state index is 11.2. The summed E-state index contributed by atoms with van der Waals surface area (Å²) in [6, 6.07) is 0.